The smallest absolute Gasteiger partial charge is 0.251 e. The lowest BCUT2D eigenvalue weighted by Crippen LogP contribution is -2.35. The van der Waals surface area contributed by atoms with Gasteiger partial charge >= 0.3 is 0 Å². The van der Waals surface area contributed by atoms with Crippen LogP contribution in [0.4, 0.5) is 0 Å². The molecule has 2 aromatic carbocycles. The van der Waals surface area contributed by atoms with E-state index in [0.29, 0.717) is 22.8 Å². The van der Waals surface area contributed by atoms with Crippen molar-refractivity contribution >= 4 is 28.5 Å². The fourth-order valence-corrected chi connectivity index (χ4v) is 2.47. The highest BCUT2D eigenvalue weighted by atomic mass is 127. The lowest BCUT2D eigenvalue weighted by atomic mass is 10.2. The van der Waals surface area contributed by atoms with Crippen LogP contribution in [0, 0.1) is 3.57 Å². The van der Waals surface area contributed by atoms with Crippen molar-refractivity contribution in [1.82, 2.24) is 5.32 Å². The molecular formula is C18H20INO5. The third-order valence-corrected chi connectivity index (χ3v) is 4.13. The largest absolute Gasteiger partial charge is 0.493 e. The van der Waals surface area contributed by atoms with Gasteiger partial charge in [-0.25, -0.2) is 0 Å². The average molecular weight is 457 g/mol. The molecule has 0 saturated heterocycles. The Hall–Kier alpha value is -2.00. The van der Waals surface area contributed by atoms with Crippen molar-refractivity contribution < 1.29 is 24.1 Å². The van der Waals surface area contributed by atoms with Crippen molar-refractivity contribution in [3.63, 3.8) is 0 Å². The maximum atomic E-state index is 12.0. The molecule has 134 valence electrons. The van der Waals surface area contributed by atoms with Crippen LogP contribution >= 0.6 is 22.6 Å². The van der Waals surface area contributed by atoms with Gasteiger partial charge in [-0.3, -0.25) is 4.79 Å². The van der Waals surface area contributed by atoms with Crippen molar-refractivity contribution in [1.29, 1.82) is 0 Å². The maximum absolute atomic E-state index is 12.0. The standard InChI is InChI=1S/C18H20INO5/c1-23-15-4-3-5-16(24-2)17(15)25-11-14(21)10-20-18(22)12-6-8-13(19)9-7-12/h3-9,14,21H,10-11H2,1-2H3,(H,20,22). The van der Waals surface area contributed by atoms with Crippen molar-refractivity contribution in [2.24, 2.45) is 0 Å². The van der Waals surface area contributed by atoms with Crippen LogP contribution in [0.25, 0.3) is 0 Å². The minimum atomic E-state index is -0.873. The molecule has 0 heterocycles. The topological polar surface area (TPSA) is 77.0 Å². The summed E-state index contributed by atoms with van der Waals surface area (Å²) < 4.78 is 17.1. The number of hydrogen-bond donors (Lipinski definition) is 2. The number of carbonyl (C=O) groups excluding carboxylic acids is 1. The van der Waals surface area contributed by atoms with Crippen LogP contribution in [0.5, 0.6) is 17.2 Å². The van der Waals surface area contributed by atoms with Gasteiger partial charge in [-0.05, 0) is 59.0 Å². The number of halogens is 1. The Morgan fingerprint density at radius 3 is 2.28 bits per heavy atom. The lowest BCUT2D eigenvalue weighted by molar-refractivity contribution is 0.0833. The molecule has 0 saturated carbocycles. The first-order valence-electron chi connectivity index (χ1n) is 7.60. The third-order valence-electron chi connectivity index (χ3n) is 3.41. The first-order chi connectivity index (χ1) is 12.0. The van der Waals surface area contributed by atoms with Crippen molar-refractivity contribution in [2.75, 3.05) is 27.4 Å². The second-order valence-electron chi connectivity index (χ2n) is 5.17. The van der Waals surface area contributed by atoms with Crippen LogP contribution < -0.4 is 19.5 Å². The summed E-state index contributed by atoms with van der Waals surface area (Å²) in [5.41, 5.74) is 0.542. The van der Waals surface area contributed by atoms with Gasteiger partial charge in [0.05, 0.1) is 14.2 Å². The highest BCUT2D eigenvalue weighted by Crippen LogP contribution is 2.36. The van der Waals surface area contributed by atoms with Gasteiger partial charge in [-0.2, -0.15) is 0 Å². The molecule has 0 radical (unpaired) electrons. The summed E-state index contributed by atoms with van der Waals surface area (Å²) in [6.07, 6.45) is -0.873. The molecule has 1 amide bonds. The number of nitrogens with one attached hydrogen (secondary N) is 1. The van der Waals surface area contributed by atoms with Gasteiger partial charge in [0.25, 0.3) is 5.91 Å². The molecule has 0 aliphatic carbocycles. The monoisotopic (exact) mass is 457 g/mol. The SMILES string of the molecule is COc1cccc(OC)c1OCC(O)CNC(=O)c1ccc(I)cc1. The summed E-state index contributed by atoms with van der Waals surface area (Å²) in [5, 5.41) is 12.7. The quantitative estimate of drug-likeness (QED) is 0.596. The summed E-state index contributed by atoms with van der Waals surface area (Å²) in [7, 11) is 3.05. The van der Waals surface area contributed by atoms with E-state index >= 15 is 0 Å². The first-order valence-corrected chi connectivity index (χ1v) is 8.68. The van der Waals surface area contributed by atoms with E-state index in [1.165, 1.54) is 14.2 Å². The fourth-order valence-electron chi connectivity index (χ4n) is 2.11. The molecule has 6 nitrogen and oxygen atoms in total. The number of ether oxygens (including phenoxy) is 3. The minimum absolute atomic E-state index is 0.0102. The van der Waals surface area contributed by atoms with Crippen molar-refractivity contribution in [3.05, 3.63) is 51.6 Å². The average Bonchev–Trinajstić information content (AvgIpc) is 2.64. The number of amides is 1. The normalized spacial score (nSPS) is 11.5. The van der Waals surface area contributed by atoms with Crippen LogP contribution in [0.3, 0.4) is 0 Å². The van der Waals surface area contributed by atoms with E-state index in [0.717, 1.165) is 3.57 Å². The Labute approximate surface area is 160 Å². The molecule has 0 aliphatic rings. The molecule has 1 atom stereocenters. The molecule has 0 aromatic heterocycles. The number of benzene rings is 2. The maximum Gasteiger partial charge on any atom is 0.251 e. The number of methoxy groups -OCH3 is 2. The number of aliphatic hydroxyl groups excluding tert-OH is 1. The number of carbonyl (C=O) groups is 1. The highest BCUT2D eigenvalue weighted by molar-refractivity contribution is 14.1. The number of rotatable bonds is 8. The molecule has 0 bridgehead atoms. The van der Waals surface area contributed by atoms with E-state index in [1.807, 2.05) is 12.1 Å². The van der Waals surface area contributed by atoms with Crippen LogP contribution in [-0.4, -0.2) is 44.5 Å². The molecule has 7 heteroatoms. The van der Waals surface area contributed by atoms with E-state index in [-0.39, 0.29) is 19.1 Å². The Morgan fingerprint density at radius 2 is 1.72 bits per heavy atom. The number of para-hydroxylation sites is 1. The van der Waals surface area contributed by atoms with Gasteiger partial charge < -0.3 is 24.6 Å². The van der Waals surface area contributed by atoms with E-state index in [4.69, 9.17) is 14.2 Å². The van der Waals surface area contributed by atoms with Gasteiger partial charge in [0, 0.05) is 15.7 Å². The van der Waals surface area contributed by atoms with E-state index in [1.54, 1.807) is 30.3 Å². The van der Waals surface area contributed by atoms with E-state index < -0.39 is 6.10 Å². The van der Waals surface area contributed by atoms with E-state index in [9.17, 15) is 9.90 Å². The second kappa shape index (κ2) is 9.47. The summed E-state index contributed by atoms with van der Waals surface area (Å²) in [4.78, 5) is 12.0. The predicted molar refractivity (Wildman–Crippen MR) is 103 cm³/mol. The number of aliphatic hydroxyl groups is 1. The molecule has 1 unspecified atom stereocenters. The molecule has 0 fully saturated rings. The summed E-state index contributed by atoms with van der Waals surface area (Å²) in [6.45, 7) is 0.0615. The molecule has 2 aromatic rings. The summed E-state index contributed by atoms with van der Waals surface area (Å²) >= 11 is 2.17. The zero-order valence-corrected chi connectivity index (χ0v) is 16.1. The summed E-state index contributed by atoms with van der Waals surface area (Å²) in [6, 6.07) is 12.4. The predicted octanol–water partition coefficient (Wildman–Crippen LogP) is 2.48. The van der Waals surface area contributed by atoms with Gasteiger partial charge in [0.1, 0.15) is 12.7 Å². The Bertz CT molecular complexity index is 683. The van der Waals surface area contributed by atoms with Crippen LogP contribution in [0.15, 0.2) is 42.5 Å². The zero-order valence-electron chi connectivity index (χ0n) is 14.0. The molecule has 25 heavy (non-hydrogen) atoms. The van der Waals surface area contributed by atoms with Gasteiger partial charge in [-0.1, -0.05) is 6.07 Å². The van der Waals surface area contributed by atoms with Gasteiger partial charge in [-0.15, -0.1) is 0 Å². The van der Waals surface area contributed by atoms with Crippen LogP contribution in [0.1, 0.15) is 10.4 Å². The van der Waals surface area contributed by atoms with Crippen LogP contribution in [0.2, 0.25) is 0 Å². The lowest BCUT2D eigenvalue weighted by Gasteiger charge is -2.17. The molecule has 0 aliphatic heterocycles. The zero-order chi connectivity index (χ0) is 18.2. The second-order valence-corrected chi connectivity index (χ2v) is 6.42. The Morgan fingerprint density at radius 1 is 1.12 bits per heavy atom. The number of hydrogen-bond acceptors (Lipinski definition) is 5. The summed E-state index contributed by atoms with van der Waals surface area (Å²) in [5.74, 6) is 1.18. The molecular weight excluding hydrogens is 437 g/mol. The Balaban J connectivity index is 1.88. The highest BCUT2D eigenvalue weighted by Gasteiger charge is 2.14. The molecule has 2 rings (SSSR count). The van der Waals surface area contributed by atoms with Crippen molar-refractivity contribution in [2.45, 2.75) is 6.10 Å². The Kier molecular flexibility index (Phi) is 7.32. The molecule has 2 N–H and O–H groups in total. The van der Waals surface area contributed by atoms with E-state index in [2.05, 4.69) is 27.9 Å². The third kappa shape index (κ3) is 5.50. The van der Waals surface area contributed by atoms with Crippen LogP contribution in [-0.2, 0) is 0 Å². The van der Waals surface area contributed by atoms with Crippen molar-refractivity contribution in [3.8, 4) is 17.2 Å². The van der Waals surface area contributed by atoms with Gasteiger partial charge in [0.2, 0.25) is 5.75 Å². The molecule has 0 spiro atoms. The fraction of sp³-hybridized carbons (Fsp3) is 0.278. The van der Waals surface area contributed by atoms with Gasteiger partial charge in [0.15, 0.2) is 11.5 Å². The first kappa shape index (κ1) is 19.3. The minimum Gasteiger partial charge on any atom is -0.493 e.